The average molecular weight is 230 g/mol. The first-order valence-corrected chi connectivity index (χ1v) is 5.79. The maximum absolute atomic E-state index is 9.68. The SMILES string of the molecule is CC(C)C(C)C(C)Cc1ccccc1O.[NaH]. The minimum absolute atomic E-state index is 0. The second kappa shape index (κ2) is 7.37. The minimum atomic E-state index is 0. The molecule has 0 aliphatic heterocycles. The van der Waals surface area contributed by atoms with Gasteiger partial charge in [-0.3, -0.25) is 0 Å². The average Bonchev–Trinajstić information content (AvgIpc) is 2.20. The Kier molecular flexibility index (Phi) is 7.38. The zero-order valence-corrected chi connectivity index (χ0v) is 10.2. The molecule has 1 N–H and O–H groups in total. The van der Waals surface area contributed by atoms with Crippen LogP contribution in [0.4, 0.5) is 0 Å². The zero-order valence-electron chi connectivity index (χ0n) is 10.2. The van der Waals surface area contributed by atoms with Gasteiger partial charge in [0.05, 0.1) is 0 Å². The molecule has 2 atom stereocenters. The third kappa shape index (κ3) is 4.48. The fraction of sp³-hybridized carbons (Fsp3) is 0.571. The first kappa shape index (κ1) is 16.0. The van der Waals surface area contributed by atoms with Crippen molar-refractivity contribution in [2.45, 2.75) is 34.1 Å². The van der Waals surface area contributed by atoms with E-state index in [4.69, 9.17) is 0 Å². The summed E-state index contributed by atoms with van der Waals surface area (Å²) in [5.41, 5.74) is 1.07. The van der Waals surface area contributed by atoms with Crippen LogP contribution in [0.5, 0.6) is 5.75 Å². The van der Waals surface area contributed by atoms with Crippen LogP contribution in [0.2, 0.25) is 0 Å². The van der Waals surface area contributed by atoms with Crippen molar-refractivity contribution in [3.05, 3.63) is 29.8 Å². The molecule has 1 aromatic rings. The van der Waals surface area contributed by atoms with Gasteiger partial charge >= 0.3 is 29.6 Å². The number of aromatic hydroxyl groups is 1. The third-order valence-corrected chi connectivity index (χ3v) is 3.48. The summed E-state index contributed by atoms with van der Waals surface area (Å²) in [5.74, 6) is 2.43. The van der Waals surface area contributed by atoms with Crippen LogP contribution in [-0.4, -0.2) is 34.7 Å². The van der Waals surface area contributed by atoms with Crippen LogP contribution in [0, 0.1) is 17.8 Å². The fourth-order valence-corrected chi connectivity index (χ4v) is 1.87. The van der Waals surface area contributed by atoms with Gasteiger partial charge in [-0.15, -0.1) is 0 Å². The van der Waals surface area contributed by atoms with Gasteiger partial charge in [0.1, 0.15) is 5.75 Å². The van der Waals surface area contributed by atoms with Crippen molar-refractivity contribution >= 4 is 29.6 Å². The predicted molar refractivity (Wildman–Crippen MR) is 72.1 cm³/mol. The van der Waals surface area contributed by atoms with Gasteiger partial charge in [0.25, 0.3) is 0 Å². The molecule has 1 nitrogen and oxygen atoms in total. The van der Waals surface area contributed by atoms with Crippen LogP contribution in [-0.2, 0) is 6.42 Å². The van der Waals surface area contributed by atoms with E-state index in [1.54, 1.807) is 6.07 Å². The quantitative estimate of drug-likeness (QED) is 0.787. The van der Waals surface area contributed by atoms with E-state index in [2.05, 4.69) is 27.7 Å². The molecule has 0 amide bonds. The van der Waals surface area contributed by atoms with Crippen molar-refractivity contribution in [1.29, 1.82) is 0 Å². The Morgan fingerprint density at radius 3 is 2.12 bits per heavy atom. The summed E-state index contributed by atoms with van der Waals surface area (Å²) in [5, 5.41) is 9.68. The van der Waals surface area contributed by atoms with Gasteiger partial charge in [0.15, 0.2) is 0 Å². The monoisotopic (exact) mass is 230 g/mol. The van der Waals surface area contributed by atoms with Crippen LogP contribution >= 0.6 is 0 Å². The van der Waals surface area contributed by atoms with Gasteiger partial charge in [-0.2, -0.15) is 0 Å². The number of phenols is 1. The number of hydrogen-bond acceptors (Lipinski definition) is 1. The summed E-state index contributed by atoms with van der Waals surface area (Å²) in [4.78, 5) is 0. The van der Waals surface area contributed by atoms with Crippen LogP contribution < -0.4 is 0 Å². The van der Waals surface area contributed by atoms with Crippen molar-refractivity contribution in [2.24, 2.45) is 17.8 Å². The van der Waals surface area contributed by atoms with E-state index in [-0.39, 0.29) is 29.6 Å². The predicted octanol–water partition coefficient (Wildman–Crippen LogP) is 3.21. The molecule has 16 heavy (non-hydrogen) atoms. The van der Waals surface area contributed by atoms with E-state index >= 15 is 0 Å². The van der Waals surface area contributed by atoms with E-state index in [1.807, 2.05) is 18.2 Å². The topological polar surface area (TPSA) is 20.2 Å². The number of benzene rings is 1. The molecule has 0 radical (unpaired) electrons. The van der Waals surface area contributed by atoms with Crippen molar-refractivity contribution in [3.63, 3.8) is 0 Å². The Hall–Kier alpha value is 0.0200. The van der Waals surface area contributed by atoms with Gasteiger partial charge in [-0.25, -0.2) is 0 Å². The Morgan fingerprint density at radius 2 is 1.62 bits per heavy atom. The van der Waals surface area contributed by atoms with Crippen molar-refractivity contribution in [2.75, 3.05) is 0 Å². The molecule has 2 unspecified atom stereocenters. The standard InChI is InChI=1S/C14H22O.Na.H/c1-10(2)12(4)11(3)9-13-7-5-6-8-14(13)15;;/h5-8,10-12,15H,9H2,1-4H3;;. The summed E-state index contributed by atoms with van der Waals surface area (Å²) in [6.45, 7) is 9.06. The molecule has 1 aromatic carbocycles. The van der Waals surface area contributed by atoms with Crippen LogP contribution in [0.3, 0.4) is 0 Å². The van der Waals surface area contributed by atoms with E-state index in [0.29, 0.717) is 23.5 Å². The molecular formula is C14H23NaO. The summed E-state index contributed by atoms with van der Waals surface area (Å²) in [6.07, 6.45) is 0.964. The molecule has 0 bridgehead atoms. The van der Waals surface area contributed by atoms with Gasteiger partial charge in [-0.05, 0) is 35.8 Å². The molecule has 0 aromatic heterocycles. The fourth-order valence-electron chi connectivity index (χ4n) is 1.87. The molecule has 0 fully saturated rings. The first-order valence-electron chi connectivity index (χ1n) is 5.79. The Labute approximate surface area is 122 Å². The number of phenolic OH excluding ortho intramolecular Hbond substituents is 1. The molecule has 2 heteroatoms. The molecular weight excluding hydrogens is 207 g/mol. The summed E-state index contributed by atoms with van der Waals surface area (Å²) >= 11 is 0. The van der Waals surface area contributed by atoms with Crippen molar-refractivity contribution in [1.82, 2.24) is 0 Å². The van der Waals surface area contributed by atoms with Gasteiger partial charge in [0.2, 0.25) is 0 Å². The summed E-state index contributed by atoms with van der Waals surface area (Å²) in [7, 11) is 0. The normalized spacial score (nSPS) is 14.3. The molecule has 0 aliphatic rings. The van der Waals surface area contributed by atoms with Gasteiger partial charge < -0.3 is 5.11 Å². The first-order chi connectivity index (χ1) is 7.02. The Bertz CT molecular complexity index is 309. The third-order valence-electron chi connectivity index (χ3n) is 3.48. The van der Waals surface area contributed by atoms with Crippen LogP contribution in [0.1, 0.15) is 33.3 Å². The summed E-state index contributed by atoms with van der Waals surface area (Å²) < 4.78 is 0. The molecule has 0 spiro atoms. The van der Waals surface area contributed by atoms with Crippen molar-refractivity contribution < 1.29 is 5.11 Å². The molecule has 0 heterocycles. The number of rotatable bonds is 4. The Balaban J connectivity index is 0.00000225. The molecule has 0 aliphatic carbocycles. The van der Waals surface area contributed by atoms with Crippen molar-refractivity contribution in [3.8, 4) is 5.75 Å². The van der Waals surface area contributed by atoms with E-state index in [1.165, 1.54) is 0 Å². The number of hydrogen-bond donors (Lipinski definition) is 1. The maximum atomic E-state index is 9.68. The number of para-hydroxylation sites is 1. The summed E-state index contributed by atoms with van der Waals surface area (Å²) in [6, 6.07) is 7.64. The van der Waals surface area contributed by atoms with Gasteiger partial charge in [0, 0.05) is 0 Å². The Morgan fingerprint density at radius 1 is 1.06 bits per heavy atom. The van der Waals surface area contributed by atoms with Crippen LogP contribution in [0.25, 0.3) is 0 Å². The van der Waals surface area contributed by atoms with E-state index in [9.17, 15) is 5.11 Å². The van der Waals surface area contributed by atoms with E-state index < -0.39 is 0 Å². The molecule has 1 rings (SSSR count). The molecule has 0 saturated carbocycles. The second-order valence-corrected chi connectivity index (χ2v) is 4.91. The van der Waals surface area contributed by atoms with Gasteiger partial charge in [-0.1, -0.05) is 45.9 Å². The molecule has 86 valence electrons. The molecule has 0 saturated heterocycles. The van der Waals surface area contributed by atoms with E-state index in [0.717, 1.165) is 12.0 Å². The zero-order chi connectivity index (χ0) is 11.4. The van der Waals surface area contributed by atoms with Crippen LogP contribution in [0.15, 0.2) is 24.3 Å². The second-order valence-electron chi connectivity index (χ2n) is 4.91.